The number of anilines is 1. The van der Waals surface area contributed by atoms with Gasteiger partial charge in [0.2, 0.25) is 5.79 Å². The van der Waals surface area contributed by atoms with Crippen LogP contribution >= 0.6 is 15.9 Å². The average Bonchev–Trinajstić information content (AvgIpc) is 2.23. The normalized spacial score (nSPS) is 18.4. The molecule has 1 aromatic carbocycles. The van der Waals surface area contributed by atoms with E-state index in [1.54, 1.807) is 14.2 Å². The minimum atomic E-state index is -0.416. The van der Waals surface area contributed by atoms with Crippen LogP contribution in [-0.4, -0.2) is 33.1 Å². The number of ether oxygens (including phenoxy) is 2. The second-order valence-electron chi connectivity index (χ2n) is 4.11. The van der Waals surface area contributed by atoms with Gasteiger partial charge in [-0.2, -0.15) is 0 Å². The molecule has 1 aliphatic rings. The van der Waals surface area contributed by atoms with Crippen molar-refractivity contribution in [2.45, 2.75) is 12.7 Å². The van der Waals surface area contributed by atoms with Gasteiger partial charge in [0.15, 0.2) is 0 Å². The smallest absolute Gasteiger partial charge is 0.203 e. The number of halogens is 1. The molecule has 0 N–H and O–H groups in total. The summed E-state index contributed by atoms with van der Waals surface area (Å²) in [7, 11) is 3.38. The summed E-state index contributed by atoms with van der Waals surface area (Å²) in [6, 6.07) is 6.34. The lowest BCUT2D eigenvalue weighted by molar-refractivity contribution is -0.219. The molecule has 2 rings (SSSR count). The molecule has 3 nitrogen and oxygen atoms in total. The first-order valence-corrected chi connectivity index (χ1v) is 6.01. The Bertz CT molecular complexity index is 383. The molecule has 88 valence electrons. The molecule has 0 aromatic heterocycles. The number of benzene rings is 1. The summed E-state index contributed by atoms with van der Waals surface area (Å²) in [5.41, 5.74) is 2.45. The third kappa shape index (κ3) is 1.97. The number of nitrogens with zero attached hydrogens (tertiary/aromatic N) is 1. The molecule has 0 amide bonds. The summed E-state index contributed by atoms with van der Waals surface area (Å²) in [5.74, 6) is -0.416. The predicted molar refractivity (Wildman–Crippen MR) is 67.8 cm³/mol. The van der Waals surface area contributed by atoms with Gasteiger partial charge in [-0.25, -0.2) is 0 Å². The van der Waals surface area contributed by atoms with Crippen molar-refractivity contribution in [1.29, 1.82) is 0 Å². The van der Waals surface area contributed by atoms with E-state index >= 15 is 0 Å². The molecule has 1 aromatic rings. The lowest BCUT2D eigenvalue weighted by Gasteiger charge is -2.48. The van der Waals surface area contributed by atoms with Gasteiger partial charge in [0.25, 0.3) is 0 Å². The van der Waals surface area contributed by atoms with Crippen molar-refractivity contribution in [3.63, 3.8) is 0 Å². The molecule has 0 atom stereocenters. The Labute approximate surface area is 104 Å². The summed E-state index contributed by atoms with van der Waals surface area (Å²) in [5, 5.41) is 0. The van der Waals surface area contributed by atoms with E-state index in [2.05, 4.69) is 46.0 Å². The Balaban J connectivity index is 2.09. The molecule has 0 unspecified atom stereocenters. The molecule has 4 heteroatoms. The Morgan fingerprint density at radius 1 is 1.25 bits per heavy atom. The zero-order valence-electron chi connectivity index (χ0n) is 9.79. The quantitative estimate of drug-likeness (QED) is 0.797. The molecule has 1 heterocycles. The molecular formula is C12H16BrNO2. The number of rotatable bonds is 3. The van der Waals surface area contributed by atoms with E-state index in [1.165, 1.54) is 11.3 Å². The molecule has 0 saturated carbocycles. The van der Waals surface area contributed by atoms with Crippen LogP contribution in [0, 0.1) is 6.92 Å². The summed E-state index contributed by atoms with van der Waals surface area (Å²) in [4.78, 5) is 2.24. The summed E-state index contributed by atoms with van der Waals surface area (Å²) >= 11 is 3.50. The van der Waals surface area contributed by atoms with Crippen LogP contribution in [0.15, 0.2) is 22.7 Å². The van der Waals surface area contributed by atoms with E-state index in [-0.39, 0.29) is 0 Å². The minimum absolute atomic E-state index is 0.416. The number of hydrogen-bond donors (Lipinski definition) is 0. The summed E-state index contributed by atoms with van der Waals surface area (Å²) in [6.45, 7) is 3.65. The van der Waals surface area contributed by atoms with Crippen LogP contribution in [0.4, 0.5) is 5.69 Å². The summed E-state index contributed by atoms with van der Waals surface area (Å²) < 4.78 is 11.9. The second kappa shape index (κ2) is 4.35. The van der Waals surface area contributed by atoms with Crippen LogP contribution in [0.3, 0.4) is 0 Å². The van der Waals surface area contributed by atoms with Gasteiger partial charge >= 0.3 is 0 Å². The van der Waals surface area contributed by atoms with Crippen LogP contribution in [0.1, 0.15) is 5.56 Å². The molecule has 1 aliphatic heterocycles. The third-order valence-corrected chi connectivity index (χ3v) is 4.00. The topological polar surface area (TPSA) is 21.7 Å². The van der Waals surface area contributed by atoms with Crippen molar-refractivity contribution in [1.82, 2.24) is 0 Å². The van der Waals surface area contributed by atoms with Crippen molar-refractivity contribution in [2.24, 2.45) is 0 Å². The maximum Gasteiger partial charge on any atom is 0.203 e. The highest BCUT2D eigenvalue weighted by Gasteiger charge is 2.43. The van der Waals surface area contributed by atoms with Gasteiger partial charge in [0.05, 0.1) is 13.1 Å². The Hall–Kier alpha value is -0.580. The average molecular weight is 286 g/mol. The van der Waals surface area contributed by atoms with E-state index in [1.807, 2.05) is 0 Å². The number of aryl methyl sites for hydroxylation is 1. The van der Waals surface area contributed by atoms with Gasteiger partial charge < -0.3 is 14.4 Å². The molecule has 0 bridgehead atoms. The van der Waals surface area contributed by atoms with Crippen molar-refractivity contribution in [3.8, 4) is 0 Å². The highest BCUT2D eigenvalue weighted by molar-refractivity contribution is 9.10. The van der Waals surface area contributed by atoms with Crippen LogP contribution in [0.2, 0.25) is 0 Å². The van der Waals surface area contributed by atoms with E-state index in [0.29, 0.717) is 0 Å². The maximum absolute atomic E-state index is 5.36. The lowest BCUT2D eigenvalue weighted by Crippen LogP contribution is -2.64. The van der Waals surface area contributed by atoms with Crippen molar-refractivity contribution in [3.05, 3.63) is 28.2 Å². The fourth-order valence-electron chi connectivity index (χ4n) is 1.88. The molecule has 16 heavy (non-hydrogen) atoms. The number of hydrogen-bond acceptors (Lipinski definition) is 3. The van der Waals surface area contributed by atoms with Crippen LogP contribution < -0.4 is 4.90 Å². The van der Waals surface area contributed by atoms with Crippen LogP contribution in [0.25, 0.3) is 0 Å². The first-order chi connectivity index (χ1) is 7.60. The van der Waals surface area contributed by atoms with Crippen molar-refractivity contribution >= 4 is 21.6 Å². The zero-order chi connectivity index (χ0) is 11.8. The van der Waals surface area contributed by atoms with Gasteiger partial charge in [-0.3, -0.25) is 0 Å². The van der Waals surface area contributed by atoms with E-state index in [4.69, 9.17) is 9.47 Å². The van der Waals surface area contributed by atoms with E-state index < -0.39 is 5.79 Å². The lowest BCUT2D eigenvalue weighted by atomic mass is 10.1. The predicted octanol–water partition coefficient (Wildman–Crippen LogP) is 2.57. The van der Waals surface area contributed by atoms with Crippen molar-refractivity contribution < 1.29 is 9.47 Å². The highest BCUT2D eigenvalue weighted by atomic mass is 79.9. The largest absolute Gasteiger partial charge is 0.361 e. The Morgan fingerprint density at radius 3 is 2.38 bits per heavy atom. The SMILES string of the molecule is COC1(OC)CN(c2ccc(Br)c(C)c2)C1. The third-order valence-electron chi connectivity index (χ3n) is 3.11. The monoisotopic (exact) mass is 285 g/mol. The zero-order valence-corrected chi connectivity index (χ0v) is 11.4. The highest BCUT2D eigenvalue weighted by Crippen LogP contribution is 2.32. The van der Waals surface area contributed by atoms with Gasteiger partial charge in [0, 0.05) is 24.4 Å². The molecule has 0 spiro atoms. The standard InChI is InChI=1S/C12H16BrNO2/c1-9-6-10(4-5-11(9)13)14-7-12(8-14,15-2)16-3/h4-6H,7-8H2,1-3H3. The molecule has 0 radical (unpaired) electrons. The first kappa shape index (κ1) is 11.9. The summed E-state index contributed by atoms with van der Waals surface area (Å²) in [6.07, 6.45) is 0. The van der Waals surface area contributed by atoms with Gasteiger partial charge in [-0.05, 0) is 30.7 Å². The van der Waals surface area contributed by atoms with E-state index in [0.717, 1.165) is 17.6 Å². The van der Waals surface area contributed by atoms with E-state index in [9.17, 15) is 0 Å². The Kier molecular flexibility index (Phi) is 3.24. The van der Waals surface area contributed by atoms with Gasteiger partial charge in [0.1, 0.15) is 0 Å². The molecule has 1 saturated heterocycles. The fraction of sp³-hybridized carbons (Fsp3) is 0.500. The van der Waals surface area contributed by atoms with Crippen LogP contribution in [0.5, 0.6) is 0 Å². The molecule has 0 aliphatic carbocycles. The first-order valence-electron chi connectivity index (χ1n) is 5.21. The number of methoxy groups -OCH3 is 2. The molecule has 1 fully saturated rings. The molecular weight excluding hydrogens is 270 g/mol. The van der Waals surface area contributed by atoms with Gasteiger partial charge in [-0.15, -0.1) is 0 Å². The second-order valence-corrected chi connectivity index (χ2v) is 4.96. The van der Waals surface area contributed by atoms with Crippen LogP contribution in [-0.2, 0) is 9.47 Å². The van der Waals surface area contributed by atoms with Crippen molar-refractivity contribution in [2.75, 3.05) is 32.2 Å². The fourth-order valence-corrected chi connectivity index (χ4v) is 2.13. The maximum atomic E-state index is 5.36. The minimum Gasteiger partial charge on any atom is -0.361 e. The van der Waals surface area contributed by atoms with Gasteiger partial charge in [-0.1, -0.05) is 15.9 Å². The Morgan fingerprint density at radius 2 is 1.88 bits per heavy atom.